The average Bonchev–Trinajstić information content (AvgIpc) is 2.76. The molecule has 1 heterocycles. The number of nitrogens with one attached hydrogen (secondary N) is 1. The van der Waals surface area contributed by atoms with Crippen LogP contribution in [0.5, 0.6) is 0 Å². The molecule has 1 atom stereocenters. The standard InChI is InChI=1S/C17H30N2O6/c1-24-10-14(20)18-11-17(23)12-19(7-8-25-13-17)15(21)9-16(22)5-3-2-4-6-16/h22-23H,2-13H2,1H3,(H,18,20)/t17-/m0/s1. The fourth-order valence-electron chi connectivity index (χ4n) is 3.46. The maximum atomic E-state index is 12.6. The Labute approximate surface area is 148 Å². The topological polar surface area (TPSA) is 108 Å². The molecule has 2 aliphatic rings. The number of β-amino-alcohol motifs (C(OH)–C–C–N with tert-alkyl or cyclic N) is 1. The molecule has 0 aromatic rings. The minimum absolute atomic E-state index is 0.0246. The molecule has 0 aromatic carbocycles. The third-order valence-electron chi connectivity index (χ3n) is 4.87. The summed E-state index contributed by atoms with van der Waals surface area (Å²) in [6, 6.07) is 0. The maximum absolute atomic E-state index is 12.6. The fourth-order valence-corrected chi connectivity index (χ4v) is 3.46. The second-order valence-corrected chi connectivity index (χ2v) is 7.26. The van der Waals surface area contributed by atoms with Crippen LogP contribution in [0.3, 0.4) is 0 Å². The van der Waals surface area contributed by atoms with Gasteiger partial charge >= 0.3 is 0 Å². The van der Waals surface area contributed by atoms with Gasteiger partial charge in [-0.2, -0.15) is 0 Å². The van der Waals surface area contributed by atoms with Gasteiger partial charge in [0.15, 0.2) is 0 Å². The van der Waals surface area contributed by atoms with E-state index in [0.29, 0.717) is 26.0 Å². The van der Waals surface area contributed by atoms with Crippen molar-refractivity contribution in [2.24, 2.45) is 0 Å². The Morgan fingerprint density at radius 1 is 1.20 bits per heavy atom. The number of hydrogen-bond donors (Lipinski definition) is 3. The number of carbonyl (C=O) groups excluding carboxylic acids is 2. The third-order valence-corrected chi connectivity index (χ3v) is 4.87. The molecular formula is C17H30N2O6. The number of nitrogens with zero attached hydrogens (tertiary/aromatic N) is 1. The molecule has 8 heteroatoms. The molecule has 1 saturated carbocycles. The van der Waals surface area contributed by atoms with Gasteiger partial charge in [0.05, 0.1) is 38.3 Å². The number of rotatable bonds is 6. The highest BCUT2D eigenvalue weighted by molar-refractivity contribution is 5.78. The minimum atomic E-state index is -1.36. The summed E-state index contributed by atoms with van der Waals surface area (Å²) in [5.74, 6) is -0.522. The monoisotopic (exact) mass is 358 g/mol. The van der Waals surface area contributed by atoms with Crippen LogP contribution in [0.4, 0.5) is 0 Å². The first-order chi connectivity index (χ1) is 11.9. The van der Waals surface area contributed by atoms with Crippen molar-refractivity contribution in [3.05, 3.63) is 0 Å². The van der Waals surface area contributed by atoms with Crippen LogP contribution in [0.25, 0.3) is 0 Å². The van der Waals surface area contributed by atoms with Gasteiger partial charge in [0.25, 0.3) is 0 Å². The maximum Gasteiger partial charge on any atom is 0.246 e. The van der Waals surface area contributed by atoms with Crippen LogP contribution < -0.4 is 5.32 Å². The van der Waals surface area contributed by atoms with Gasteiger partial charge in [-0.15, -0.1) is 0 Å². The Bertz CT molecular complexity index is 466. The average molecular weight is 358 g/mol. The number of methoxy groups -OCH3 is 1. The summed E-state index contributed by atoms with van der Waals surface area (Å²) in [4.78, 5) is 25.7. The molecule has 2 amide bonds. The first-order valence-corrected chi connectivity index (χ1v) is 8.92. The molecule has 1 saturated heterocycles. The lowest BCUT2D eigenvalue weighted by Crippen LogP contribution is -2.54. The SMILES string of the molecule is COCC(=O)NC[C@@]1(O)COCCN(C(=O)CC2(O)CCCCC2)C1. The number of ether oxygens (including phenoxy) is 2. The van der Waals surface area contributed by atoms with Crippen LogP contribution in [0.15, 0.2) is 0 Å². The van der Waals surface area contributed by atoms with Crippen molar-refractivity contribution >= 4 is 11.8 Å². The van der Waals surface area contributed by atoms with E-state index in [1.807, 2.05) is 0 Å². The highest BCUT2D eigenvalue weighted by atomic mass is 16.5. The lowest BCUT2D eigenvalue weighted by atomic mass is 9.82. The van der Waals surface area contributed by atoms with Crippen molar-refractivity contribution in [1.82, 2.24) is 10.2 Å². The van der Waals surface area contributed by atoms with Gasteiger partial charge in [-0.1, -0.05) is 19.3 Å². The normalized spacial score (nSPS) is 26.8. The van der Waals surface area contributed by atoms with Gasteiger partial charge in [0.1, 0.15) is 12.2 Å². The van der Waals surface area contributed by atoms with Gasteiger partial charge in [-0.05, 0) is 12.8 Å². The molecular weight excluding hydrogens is 328 g/mol. The molecule has 0 bridgehead atoms. The first-order valence-electron chi connectivity index (χ1n) is 8.92. The van der Waals surface area contributed by atoms with Crippen molar-refractivity contribution in [1.29, 1.82) is 0 Å². The number of aliphatic hydroxyl groups is 2. The molecule has 2 rings (SSSR count). The van der Waals surface area contributed by atoms with Crippen molar-refractivity contribution < 1.29 is 29.3 Å². The highest BCUT2D eigenvalue weighted by Gasteiger charge is 2.38. The van der Waals surface area contributed by atoms with E-state index in [2.05, 4.69) is 5.32 Å². The zero-order valence-corrected chi connectivity index (χ0v) is 15.0. The predicted molar refractivity (Wildman–Crippen MR) is 89.9 cm³/mol. The van der Waals surface area contributed by atoms with E-state index in [4.69, 9.17) is 9.47 Å². The van der Waals surface area contributed by atoms with Crippen molar-refractivity contribution in [3.63, 3.8) is 0 Å². The van der Waals surface area contributed by atoms with Crippen molar-refractivity contribution in [2.75, 3.05) is 46.6 Å². The van der Waals surface area contributed by atoms with Crippen molar-refractivity contribution in [3.8, 4) is 0 Å². The van der Waals surface area contributed by atoms with E-state index in [1.54, 1.807) is 0 Å². The molecule has 0 unspecified atom stereocenters. The van der Waals surface area contributed by atoms with E-state index in [9.17, 15) is 19.8 Å². The van der Waals surface area contributed by atoms with E-state index in [1.165, 1.54) is 12.0 Å². The molecule has 0 aromatic heterocycles. The summed E-state index contributed by atoms with van der Waals surface area (Å²) < 4.78 is 10.1. The zero-order chi connectivity index (χ0) is 18.3. The summed E-state index contributed by atoms with van der Waals surface area (Å²) in [7, 11) is 1.42. The molecule has 3 N–H and O–H groups in total. The smallest absolute Gasteiger partial charge is 0.246 e. The van der Waals surface area contributed by atoms with Gasteiger partial charge in [-0.3, -0.25) is 9.59 Å². The Morgan fingerprint density at radius 2 is 1.92 bits per heavy atom. The van der Waals surface area contributed by atoms with E-state index in [-0.39, 0.29) is 44.5 Å². The van der Waals surface area contributed by atoms with Gasteiger partial charge < -0.3 is 29.9 Å². The van der Waals surface area contributed by atoms with Gasteiger partial charge in [-0.25, -0.2) is 0 Å². The van der Waals surface area contributed by atoms with Crippen LogP contribution in [0, 0.1) is 0 Å². The summed E-state index contributed by atoms with van der Waals surface area (Å²) in [6.07, 6.45) is 4.31. The largest absolute Gasteiger partial charge is 0.389 e. The summed E-state index contributed by atoms with van der Waals surface area (Å²) in [6.45, 7) is 0.668. The Kier molecular flexibility index (Phi) is 7.18. The quantitative estimate of drug-likeness (QED) is 0.587. The van der Waals surface area contributed by atoms with E-state index in [0.717, 1.165) is 19.3 Å². The molecule has 25 heavy (non-hydrogen) atoms. The van der Waals surface area contributed by atoms with Crippen LogP contribution in [-0.2, 0) is 19.1 Å². The predicted octanol–water partition coefficient (Wildman–Crippen LogP) is -0.576. The second kappa shape index (κ2) is 8.93. The Morgan fingerprint density at radius 3 is 2.60 bits per heavy atom. The van der Waals surface area contributed by atoms with Gasteiger partial charge in [0.2, 0.25) is 11.8 Å². The third kappa shape index (κ3) is 6.22. The van der Waals surface area contributed by atoms with Crippen LogP contribution in [0.2, 0.25) is 0 Å². The zero-order valence-electron chi connectivity index (χ0n) is 15.0. The van der Waals surface area contributed by atoms with E-state index < -0.39 is 11.2 Å². The fraction of sp³-hybridized carbons (Fsp3) is 0.882. The lowest BCUT2D eigenvalue weighted by Gasteiger charge is -2.35. The lowest BCUT2D eigenvalue weighted by molar-refractivity contribution is -0.140. The van der Waals surface area contributed by atoms with Crippen molar-refractivity contribution in [2.45, 2.75) is 49.7 Å². The van der Waals surface area contributed by atoms with Crippen LogP contribution in [-0.4, -0.2) is 84.7 Å². The summed E-state index contributed by atoms with van der Waals surface area (Å²) >= 11 is 0. The summed E-state index contributed by atoms with van der Waals surface area (Å²) in [5, 5.41) is 23.9. The number of hydrogen-bond acceptors (Lipinski definition) is 6. The minimum Gasteiger partial charge on any atom is -0.389 e. The Balaban J connectivity index is 1.93. The molecule has 0 spiro atoms. The first kappa shape index (κ1) is 20.1. The van der Waals surface area contributed by atoms with Gasteiger partial charge in [0, 0.05) is 13.7 Å². The molecule has 8 nitrogen and oxygen atoms in total. The molecule has 1 aliphatic carbocycles. The number of carbonyl (C=O) groups is 2. The molecule has 1 aliphatic heterocycles. The molecule has 2 fully saturated rings. The second-order valence-electron chi connectivity index (χ2n) is 7.26. The van der Waals surface area contributed by atoms with Crippen LogP contribution >= 0.6 is 0 Å². The Hall–Kier alpha value is -1.22. The van der Waals surface area contributed by atoms with Crippen LogP contribution in [0.1, 0.15) is 38.5 Å². The van der Waals surface area contributed by atoms with E-state index >= 15 is 0 Å². The summed E-state index contributed by atoms with van der Waals surface area (Å²) in [5.41, 5.74) is -2.29. The number of amides is 2. The molecule has 144 valence electrons. The molecule has 0 radical (unpaired) electrons. The highest BCUT2D eigenvalue weighted by Crippen LogP contribution is 2.31.